The van der Waals surface area contributed by atoms with Crippen LogP contribution in [-0.4, -0.2) is 41.8 Å². The third-order valence-corrected chi connectivity index (χ3v) is 4.51. The number of ether oxygens (including phenoxy) is 3. The van der Waals surface area contributed by atoms with Crippen molar-refractivity contribution < 1.29 is 29.0 Å². The van der Waals surface area contributed by atoms with Gasteiger partial charge in [-0.15, -0.1) is 10.2 Å². The summed E-state index contributed by atoms with van der Waals surface area (Å²) in [7, 11) is 5.43. The maximum Gasteiger partial charge on any atom is 0.328 e. The van der Waals surface area contributed by atoms with E-state index in [0.29, 0.717) is 10.9 Å². The summed E-state index contributed by atoms with van der Waals surface area (Å²) in [5.74, 6) is -1.49. The van der Waals surface area contributed by atoms with E-state index in [1.54, 1.807) is 31.3 Å². The van der Waals surface area contributed by atoms with E-state index in [4.69, 9.17) is 14.2 Å². The van der Waals surface area contributed by atoms with E-state index in [1.807, 2.05) is 0 Å². The molecule has 1 heterocycles. The Morgan fingerprint density at radius 2 is 1.80 bits per heavy atom. The predicted octanol–water partition coefficient (Wildman–Crippen LogP) is 3.74. The summed E-state index contributed by atoms with van der Waals surface area (Å²) in [5.41, 5.74) is -0.300. The lowest BCUT2D eigenvalue weighted by Gasteiger charge is -2.13. The number of aromatic hydroxyl groups is 1. The predicted molar refractivity (Wildman–Crippen MR) is 106 cm³/mol. The number of methoxy groups -OCH3 is 3. The number of amides is 1. The fourth-order valence-corrected chi connectivity index (χ4v) is 3.09. The number of aryl methyl sites for hydroxylation is 1. The van der Waals surface area contributed by atoms with Gasteiger partial charge in [0, 0.05) is 18.5 Å². The molecule has 11 nitrogen and oxygen atoms in total. The Labute approximate surface area is 170 Å². The molecule has 0 atom stereocenters. The minimum atomic E-state index is -1.02. The maximum absolute atomic E-state index is 12.7. The van der Waals surface area contributed by atoms with E-state index in [-0.39, 0.29) is 28.8 Å². The molecule has 30 heavy (non-hydrogen) atoms. The zero-order chi connectivity index (χ0) is 22.0. The Morgan fingerprint density at radius 1 is 1.13 bits per heavy atom. The molecule has 1 amide bonds. The molecule has 0 saturated heterocycles. The van der Waals surface area contributed by atoms with Gasteiger partial charge in [0.2, 0.25) is 17.4 Å². The molecule has 1 aromatic heterocycles. The lowest BCUT2D eigenvalue weighted by Crippen LogP contribution is -2.06. The first-order valence-electron chi connectivity index (χ1n) is 8.55. The second-order valence-electron chi connectivity index (χ2n) is 6.05. The Bertz CT molecular complexity index is 1180. The quantitative estimate of drug-likeness (QED) is 0.368. The Balaban J connectivity index is 2.14. The molecule has 1 N–H and O–H groups in total. The van der Waals surface area contributed by atoms with Crippen LogP contribution in [0.5, 0.6) is 23.1 Å². The molecule has 0 unspecified atom stereocenters. The lowest BCUT2D eigenvalue weighted by molar-refractivity contribution is -0.386. The van der Waals surface area contributed by atoms with Crippen molar-refractivity contribution in [3.8, 4) is 23.1 Å². The molecule has 0 aliphatic heterocycles. The van der Waals surface area contributed by atoms with Gasteiger partial charge in [-0.05, 0) is 6.07 Å². The number of hydrogen-bond donors (Lipinski definition) is 1. The average Bonchev–Trinajstić information content (AvgIpc) is 3.00. The molecule has 0 bridgehead atoms. The van der Waals surface area contributed by atoms with Gasteiger partial charge >= 0.3 is 11.6 Å². The van der Waals surface area contributed by atoms with Gasteiger partial charge in [0.15, 0.2) is 11.4 Å². The number of carbonyl (C=O) groups excluding carboxylic acids is 1. The first-order chi connectivity index (χ1) is 14.3. The Hall–Kier alpha value is -4.15. The third-order valence-electron chi connectivity index (χ3n) is 4.51. The van der Waals surface area contributed by atoms with Crippen LogP contribution in [0, 0.1) is 10.1 Å². The van der Waals surface area contributed by atoms with Crippen molar-refractivity contribution in [2.45, 2.75) is 0 Å². The van der Waals surface area contributed by atoms with E-state index in [0.717, 1.165) is 6.07 Å². The molecule has 11 heteroatoms. The van der Waals surface area contributed by atoms with Gasteiger partial charge in [-0.25, -0.2) is 0 Å². The monoisotopic (exact) mass is 414 g/mol. The first kappa shape index (κ1) is 20.6. The standard InChI is InChI=1S/C19H18N4O7/c1-22-12-8-6-5-7-10(12)14(19(22)25)20-21-18(24)11-9-13(28-2)16(29-3)17(30-4)15(11)23(26)27/h5-9,25H,1-4H3. The van der Waals surface area contributed by atoms with Crippen molar-refractivity contribution in [3.63, 3.8) is 0 Å². The van der Waals surface area contributed by atoms with Gasteiger partial charge in [0.1, 0.15) is 5.56 Å². The van der Waals surface area contributed by atoms with Crippen LogP contribution in [-0.2, 0) is 7.05 Å². The van der Waals surface area contributed by atoms with Gasteiger partial charge in [-0.2, -0.15) is 0 Å². The number of aromatic nitrogens is 1. The fraction of sp³-hybridized carbons (Fsp3) is 0.211. The number of para-hydroxylation sites is 1. The number of nitro groups is 1. The van der Waals surface area contributed by atoms with Crippen molar-refractivity contribution >= 4 is 28.2 Å². The summed E-state index contributed by atoms with van der Waals surface area (Å²) in [6.07, 6.45) is 0. The first-order valence-corrected chi connectivity index (χ1v) is 8.55. The number of hydrogen-bond acceptors (Lipinski definition) is 8. The van der Waals surface area contributed by atoms with Crippen molar-refractivity contribution in [1.29, 1.82) is 0 Å². The Kier molecular flexibility index (Phi) is 5.54. The topological polar surface area (TPSA) is 138 Å². The molecule has 3 rings (SSSR count). The number of azo groups is 1. The van der Waals surface area contributed by atoms with E-state index < -0.39 is 22.1 Å². The van der Waals surface area contributed by atoms with Crippen LogP contribution in [0.1, 0.15) is 10.4 Å². The van der Waals surface area contributed by atoms with Gasteiger partial charge in [-0.1, -0.05) is 18.2 Å². The van der Waals surface area contributed by atoms with Crippen LogP contribution in [0.3, 0.4) is 0 Å². The molecule has 0 fully saturated rings. The zero-order valence-electron chi connectivity index (χ0n) is 16.6. The van der Waals surface area contributed by atoms with Crippen molar-refractivity contribution in [2.75, 3.05) is 21.3 Å². The number of benzene rings is 2. The van der Waals surface area contributed by atoms with Crippen molar-refractivity contribution in [1.82, 2.24) is 4.57 Å². The maximum atomic E-state index is 12.7. The third kappa shape index (κ3) is 3.26. The number of carbonyl (C=O) groups is 1. The van der Waals surface area contributed by atoms with E-state index in [1.165, 1.54) is 25.9 Å². The highest BCUT2D eigenvalue weighted by Crippen LogP contribution is 2.46. The molecule has 0 aliphatic carbocycles. The van der Waals surface area contributed by atoms with Gasteiger partial charge in [-0.3, -0.25) is 14.9 Å². The summed E-state index contributed by atoms with van der Waals surface area (Å²) in [5, 5.41) is 30.0. The highest BCUT2D eigenvalue weighted by Gasteiger charge is 2.32. The molecule has 0 aliphatic rings. The van der Waals surface area contributed by atoms with Crippen LogP contribution in [0.4, 0.5) is 11.4 Å². The van der Waals surface area contributed by atoms with Crippen LogP contribution in [0.2, 0.25) is 0 Å². The zero-order valence-corrected chi connectivity index (χ0v) is 16.6. The van der Waals surface area contributed by atoms with Gasteiger partial charge in [0.05, 0.1) is 31.8 Å². The number of nitrogens with zero attached hydrogens (tertiary/aromatic N) is 4. The SMILES string of the molecule is COc1cc(C(=O)N=Nc2c(O)n(C)c3ccccc23)c([N+](=O)[O-])c(OC)c1OC. The number of nitro benzene ring substituents is 1. The van der Waals surface area contributed by atoms with Crippen molar-refractivity contribution in [3.05, 3.63) is 46.0 Å². The number of fused-ring (bicyclic) bond motifs is 1. The molecule has 2 aromatic carbocycles. The molecular weight excluding hydrogens is 396 g/mol. The van der Waals surface area contributed by atoms with Crippen LogP contribution < -0.4 is 14.2 Å². The lowest BCUT2D eigenvalue weighted by atomic mass is 10.1. The fourth-order valence-electron chi connectivity index (χ4n) is 3.09. The van der Waals surface area contributed by atoms with Gasteiger partial charge in [0.25, 0.3) is 0 Å². The highest BCUT2D eigenvalue weighted by atomic mass is 16.6. The summed E-state index contributed by atoms with van der Waals surface area (Å²) >= 11 is 0. The van der Waals surface area contributed by atoms with Crippen LogP contribution in [0.15, 0.2) is 40.6 Å². The Morgan fingerprint density at radius 3 is 2.40 bits per heavy atom. The molecule has 0 saturated carbocycles. The molecule has 3 aromatic rings. The second kappa shape index (κ2) is 8.07. The molecule has 156 valence electrons. The summed E-state index contributed by atoms with van der Waals surface area (Å²) in [6.45, 7) is 0. The minimum Gasteiger partial charge on any atom is -0.493 e. The second-order valence-corrected chi connectivity index (χ2v) is 6.05. The normalized spacial score (nSPS) is 11.1. The van der Waals surface area contributed by atoms with Crippen molar-refractivity contribution in [2.24, 2.45) is 17.3 Å². The average molecular weight is 414 g/mol. The molecule has 0 radical (unpaired) electrons. The van der Waals surface area contributed by atoms with E-state index >= 15 is 0 Å². The largest absolute Gasteiger partial charge is 0.493 e. The minimum absolute atomic E-state index is 0.0353. The van der Waals surface area contributed by atoms with Crippen LogP contribution >= 0.6 is 0 Å². The van der Waals surface area contributed by atoms with E-state index in [9.17, 15) is 20.0 Å². The summed E-state index contributed by atoms with van der Waals surface area (Å²) < 4.78 is 16.8. The van der Waals surface area contributed by atoms with Crippen LogP contribution in [0.25, 0.3) is 10.9 Å². The number of rotatable bonds is 6. The summed E-state index contributed by atoms with van der Waals surface area (Å²) in [6, 6.07) is 8.12. The van der Waals surface area contributed by atoms with Gasteiger partial charge < -0.3 is 23.9 Å². The summed E-state index contributed by atoms with van der Waals surface area (Å²) in [4.78, 5) is 23.6. The molecular formula is C19H18N4O7. The molecule has 0 spiro atoms. The highest BCUT2D eigenvalue weighted by molar-refractivity contribution is 6.01. The smallest absolute Gasteiger partial charge is 0.328 e. The van der Waals surface area contributed by atoms with E-state index in [2.05, 4.69) is 10.2 Å².